The van der Waals surface area contributed by atoms with Gasteiger partial charge in [-0.2, -0.15) is 0 Å². The molecule has 4 heteroatoms. The number of carbonyl (C=O) groups is 1. The van der Waals surface area contributed by atoms with Gasteiger partial charge in [-0.15, -0.1) is 0 Å². The number of ether oxygens (including phenoxy) is 1. The number of hydrogen-bond acceptors (Lipinski definition) is 3. The molecule has 3 N–H and O–H groups in total. The average molecular weight is 264 g/mol. The van der Waals surface area contributed by atoms with Crippen LogP contribution in [0.5, 0.6) is 5.75 Å². The molecule has 4 nitrogen and oxygen atoms in total. The fourth-order valence-corrected chi connectivity index (χ4v) is 1.57. The van der Waals surface area contributed by atoms with Crippen LogP contribution in [0.3, 0.4) is 0 Å². The molecule has 0 aliphatic heterocycles. The second kappa shape index (κ2) is 7.14. The van der Waals surface area contributed by atoms with Crippen LogP contribution in [0.1, 0.15) is 45.7 Å². The lowest BCUT2D eigenvalue weighted by Crippen LogP contribution is -2.40. The second-order valence-corrected chi connectivity index (χ2v) is 4.94. The molecular formula is C15H24N2O2. The summed E-state index contributed by atoms with van der Waals surface area (Å²) in [5, 5.41) is 2.90. The number of hydrogen-bond donors (Lipinski definition) is 2. The Bertz CT molecular complexity index is 401. The van der Waals surface area contributed by atoms with Crippen molar-refractivity contribution >= 4 is 5.91 Å². The molecule has 1 aromatic rings. The van der Waals surface area contributed by atoms with Gasteiger partial charge < -0.3 is 15.8 Å². The van der Waals surface area contributed by atoms with Crippen molar-refractivity contribution in [2.24, 2.45) is 5.73 Å². The summed E-state index contributed by atoms with van der Waals surface area (Å²) < 4.78 is 5.60. The third-order valence-electron chi connectivity index (χ3n) is 3.09. The van der Waals surface area contributed by atoms with Gasteiger partial charge in [0.25, 0.3) is 5.91 Å². The minimum atomic E-state index is -0.504. The van der Waals surface area contributed by atoms with Crippen LogP contribution >= 0.6 is 0 Å². The maximum Gasteiger partial charge on any atom is 0.260 e. The Kier molecular flexibility index (Phi) is 5.83. The van der Waals surface area contributed by atoms with E-state index in [0.717, 1.165) is 12.0 Å². The topological polar surface area (TPSA) is 64.3 Å². The normalized spacial score (nSPS) is 15.4. The maximum absolute atomic E-state index is 11.8. The number of nitrogens with two attached hydrogens (primary N) is 1. The van der Waals surface area contributed by atoms with Crippen molar-refractivity contribution in [3.8, 4) is 5.75 Å². The van der Waals surface area contributed by atoms with Crippen molar-refractivity contribution in [3.05, 3.63) is 29.8 Å². The highest BCUT2D eigenvalue weighted by atomic mass is 16.5. The molecule has 106 valence electrons. The SMILES string of the molecule is CCC(C)NC(=O)C(C)Oc1ccc([C@@H](C)N)cc1. The summed E-state index contributed by atoms with van der Waals surface area (Å²) in [6, 6.07) is 7.68. The molecular weight excluding hydrogens is 240 g/mol. The Balaban J connectivity index is 2.56. The highest BCUT2D eigenvalue weighted by Gasteiger charge is 2.16. The molecule has 0 aliphatic rings. The first-order valence-corrected chi connectivity index (χ1v) is 6.76. The molecule has 0 fully saturated rings. The fraction of sp³-hybridized carbons (Fsp3) is 0.533. The summed E-state index contributed by atoms with van der Waals surface area (Å²) in [7, 11) is 0. The van der Waals surface area contributed by atoms with Crippen LogP contribution in [0.25, 0.3) is 0 Å². The number of amides is 1. The van der Waals surface area contributed by atoms with Gasteiger partial charge in [-0.25, -0.2) is 0 Å². The summed E-state index contributed by atoms with van der Waals surface area (Å²) in [6.07, 6.45) is 0.400. The summed E-state index contributed by atoms with van der Waals surface area (Å²) in [5.74, 6) is 0.585. The van der Waals surface area contributed by atoms with Gasteiger partial charge in [0.2, 0.25) is 0 Å². The summed E-state index contributed by atoms with van der Waals surface area (Å²) in [5.41, 5.74) is 6.82. The summed E-state index contributed by atoms with van der Waals surface area (Å²) in [6.45, 7) is 7.68. The highest BCUT2D eigenvalue weighted by Crippen LogP contribution is 2.17. The van der Waals surface area contributed by atoms with Gasteiger partial charge in [0.15, 0.2) is 6.10 Å². The van der Waals surface area contributed by atoms with E-state index in [4.69, 9.17) is 10.5 Å². The highest BCUT2D eigenvalue weighted by molar-refractivity contribution is 5.80. The molecule has 0 aromatic heterocycles. The molecule has 1 rings (SSSR count). The third-order valence-corrected chi connectivity index (χ3v) is 3.09. The van der Waals surface area contributed by atoms with Crippen LogP contribution < -0.4 is 15.8 Å². The van der Waals surface area contributed by atoms with E-state index in [2.05, 4.69) is 5.32 Å². The minimum absolute atomic E-state index is 0.000163. The Labute approximate surface area is 115 Å². The minimum Gasteiger partial charge on any atom is -0.481 e. The maximum atomic E-state index is 11.8. The zero-order valence-electron chi connectivity index (χ0n) is 12.1. The lowest BCUT2D eigenvalue weighted by molar-refractivity contribution is -0.127. The van der Waals surface area contributed by atoms with Crippen molar-refractivity contribution in [2.45, 2.75) is 52.3 Å². The van der Waals surface area contributed by atoms with Crippen LogP contribution in [0.2, 0.25) is 0 Å². The molecule has 0 bridgehead atoms. The molecule has 0 aliphatic carbocycles. The first kappa shape index (κ1) is 15.5. The molecule has 0 spiro atoms. The van der Waals surface area contributed by atoms with Gasteiger partial charge in [-0.1, -0.05) is 19.1 Å². The van der Waals surface area contributed by atoms with Gasteiger partial charge in [0.1, 0.15) is 5.75 Å². The lowest BCUT2D eigenvalue weighted by atomic mass is 10.1. The van der Waals surface area contributed by atoms with Crippen LogP contribution in [0.15, 0.2) is 24.3 Å². The smallest absolute Gasteiger partial charge is 0.260 e. The first-order chi connectivity index (χ1) is 8.93. The third kappa shape index (κ3) is 4.91. The van der Waals surface area contributed by atoms with Crippen molar-refractivity contribution in [3.63, 3.8) is 0 Å². The van der Waals surface area contributed by atoms with Crippen LogP contribution in [0.4, 0.5) is 0 Å². The summed E-state index contributed by atoms with van der Waals surface area (Å²) >= 11 is 0. The quantitative estimate of drug-likeness (QED) is 0.829. The molecule has 1 amide bonds. The lowest BCUT2D eigenvalue weighted by Gasteiger charge is -2.18. The number of nitrogens with one attached hydrogen (secondary N) is 1. The molecule has 0 saturated carbocycles. The zero-order valence-corrected chi connectivity index (χ0v) is 12.1. The molecule has 0 saturated heterocycles. The van der Waals surface area contributed by atoms with Gasteiger partial charge in [-0.05, 0) is 44.9 Å². The van der Waals surface area contributed by atoms with E-state index in [-0.39, 0.29) is 18.0 Å². The van der Waals surface area contributed by atoms with E-state index in [1.165, 1.54) is 0 Å². The Morgan fingerprint density at radius 1 is 1.26 bits per heavy atom. The molecule has 19 heavy (non-hydrogen) atoms. The standard InChI is InChI=1S/C15H24N2O2/c1-5-10(2)17-15(18)12(4)19-14-8-6-13(7-9-14)11(3)16/h6-12H,5,16H2,1-4H3,(H,17,18)/t10?,11-,12?/m1/s1. The van der Waals surface area contributed by atoms with E-state index in [1.807, 2.05) is 45.0 Å². The van der Waals surface area contributed by atoms with Crippen LogP contribution in [-0.2, 0) is 4.79 Å². The zero-order chi connectivity index (χ0) is 14.4. The second-order valence-electron chi connectivity index (χ2n) is 4.94. The Morgan fingerprint density at radius 3 is 2.32 bits per heavy atom. The Morgan fingerprint density at radius 2 is 1.84 bits per heavy atom. The average Bonchev–Trinajstić information content (AvgIpc) is 2.38. The van der Waals surface area contributed by atoms with E-state index < -0.39 is 6.10 Å². The van der Waals surface area contributed by atoms with Crippen molar-refractivity contribution < 1.29 is 9.53 Å². The van der Waals surface area contributed by atoms with E-state index in [0.29, 0.717) is 5.75 Å². The van der Waals surface area contributed by atoms with Gasteiger partial charge in [0.05, 0.1) is 0 Å². The van der Waals surface area contributed by atoms with Gasteiger partial charge in [-0.3, -0.25) is 4.79 Å². The van der Waals surface area contributed by atoms with Crippen LogP contribution in [-0.4, -0.2) is 18.1 Å². The first-order valence-electron chi connectivity index (χ1n) is 6.76. The van der Waals surface area contributed by atoms with E-state index >= 15 is 0 Å². The molecule has 0 heterocycles. The largest absolute Gasteiger partial charge is 0.481 e. The number of carbonyl (C=O) groups excluding carboxylic acids is 1. The van der Waals surface area contributed by atoms with Crippen LogP contribution in [0, 0.1) is 0 Å². The molecule has 3 atom stereocenters. The Hall–Kier alpha value is -1.55. The predicted molar refractivity (Wildman–Crippen MR) is 77.0 cm³/mol. The van der Waals surface area contributed by atoms with Crippen molar-refractivity contribution in [1.29, 1.82) is 0 Å². The number of rotatable bonds is 6. The van der Waals surface area contributed by atoms with Crippen molar-refractivity contribution in [1.82, 2.24) is 5.32 Å². The van der Waals surface area contributed by atoms with Crippen molar-refractivity contribution in [2.75, 3.05) is 0 Å². The predicted octanol–water partition coefficient (Wildman–Crippen LogP) is 2.39. The van der Waals surface area contributed by atoms with Gasteiger partial charge >= 0.3 is 0 Å². The molecule has 2 unspecified atom stereocenters. The van der Waals surface area contributed by atoms with Gasteiger partial charge in [0, 0.05) is 12.1 Å². The molecule has 1 aromatic carbocycles. The number of benzene rings is 1. The summed E-state index contributed by atoms with van der Waals surface area (Å²) in [4.78, 5) is 11.8. The fourth-order valence-electron chi connectivity index (χ4n) is 1.57. The molecule has 0 radical (unpaired) electrons. The van der Waals surface area contributed by atoms with E-state index in [9.17, 15) is 4.79 Å². The van der Waals surface area contributed by atoms with E-state index in [1.54, 1.807) is 6.92 Å². The monoisotopic (exact) mass is 264 g/mol.